The Balaban J connectivity index is 1.83. The molecule has 0 unspecified atom stereocenters. The number of aryl methyl sites for hydroxylation is 1. The van der Waals surface area contributed by atoms with Gasteiger partial charge in [0.2, 0.25) is 5.91 Å². The third kappa shape index (κ3) is 3.41. The van der Waals surface area contributed by atoms with Crippen molar-refractivity contribution >= 4 is 34.2 Å². The van der Waals surface area contributed by atoms with Crippen LogP contribution >= 0.6 is 0 Å². The van der Waals surface area contributed by atoms with E-state index in [0.717, 1.165) is 10.9 Å². The molecule has 3 rings (SSSR count). The number of hydrogen-bond acceptors (Lipinski definition) is 4. The molecule has 2 N–H and O–H groups in total. The van der Waals surface area contributed by atoms with Gasteiger partial charge in [0.1, 0.15) is 0 Å². The number of aromatic nitrogens is 2. The molecule has 0 atom stereocenters. The number of carbonyl (C=O) groups excluding carboxylic acids is 2. The summed E-state index contributed by atoms with van der Waals surface area (Å²) in [6, 6.07) is 12.3. The van der Waals surface area contributed by atoms with Crippen molar-refractivity contribution < 1.29 is 9.59 Å². The van der Waals surface area contributed by atoms with Crippen molar-refractivity contribution in [1.82, 2.24) is 10.2 Å². The zero-order valence-corrected chi connectivity index (χ0v) is 14.9. The van der Waals surface area contributed by atoms with Gasteiger partial charge in [-0.05, 0) is 55.0 Å². The summed E-state index contributed by atoms with van der Waals surface area (Å²) < 4.78 is 0. The number of fused-ring (bicyclic) bond motifs is 1. The zero-order chi connectivity index (χ0) is 19.6. The van der Waals surface area contributed by atoms with Gasteiger partial charge in [0.05, 0.1) is 17.1 Å². The smallest absolute Gasteiger partial charge is 0.256 e. The molecule has 0 aliphatic rings. The van der Waals surface area contributed by atoms with Crippen LogP contribution < -0.4 is 10.2 Å². The fourth-order valence-electron chi connectivity index (χ4n) is 2.67. The third-order valence-electron chi connectivity index (χ3n) is 4.28. The first kappa shape index (κ1) is 17.9. The molecule has 1 aromatic heterocycles. The topological polar surface area (TPSA) is 102 Å². The van der Waals surface area contributed by atoms with E-state index in [4.69, 9.17) is 5.26 Å². The van der Waals surface area contributed by atoms with Gasteiger partial charge < -0.3 is 10.2 Å². The van der Waals surface area contributed by atoms with Crippen molar-refractivity contribution in [2.45, 2.75) is 6.92 Å². The van der Waals surface area contributed by atoms with Gasteiger partial charge in [-0.3, -0.25) is 14.7 Å². The number of anilines is 2. The maximum atomic E-state index is 12.5. The molecule has 0 radical (unpaired) electrons. The molecular formula is C20H17N5O2. The van der Waals surface area contributed by atoms with Crippen molar-refractivity contribution in [3.05, 3.63) is 65.7 Å². The molecule has 0 bridgehead atoms. The summed E-state index contributed by atoms with van der Waals surface area (Å²) in [4.78, 5) is 25.6. The molecule has 2 aromatic carbocycles. The van der Waals surface area contributed by atoms with Gasteiger partial charge in [0.15, 0.2) is 5.82 Å². The highest BCUT2D eigenvalue weighted by atomic mass is 16.2. The van der Waals surface area contributed by atoms with E-state index < -0.39 is 0 Å². The van der Waals surface area contributed by atoms with E-state index in [1.54, 1.807) is 37.4 Å². The van der Waals surface area contributed by atoms with Gasteiger partial charge in [-0.2, -0.15) is 10.4 Å². The minimum Gasteiger partial charge on any atom is -0.312 e. The van der Waals surface area contributed by atoms with Gasteiger partial charge in [0.25, 0.3) is 5.91 Å². The minimum atomic E-state index is -0.324. The molecule has 3 aromatic rings. The van der Waals surface area contributed by atoms with E-state index in [1.807, 2.05) is 13.0 Å². The summed E-state index contributed by atoms with van der Waals surface area (Å²) in [5.41, 5.74) is 3.12. The number of amides is 2. The first-order chi connectivity index (χ1) is 12.9. The monoisotopic (exact) mass is 359 g/mol. The van der Waals surface area contributed by atoms with Crippen LogP contribution in [0.25, 0.3) is 10.9 Å². The predicted octanol–water partition coefficient (Wildman–Crippen LogP) is 3.14. The van der Waals surface area contributed by atoms with Crippen LogP contribution in [0.1, 0.15) is 21.5 Å². The maximum absolute atomic E-state index is 12.5. The Kier molecular flexibility index (Phi) is 4.73. The summed E-state index contributed by atoms with van der Waals surface area (Å²) in [7, 11) is 1.63. The molecular weight excluding hydrogens is 342 g/mol. The van der Waals surface area contributed by atoms with Crippen LogP contribution in [0, 0.1) is 18.3 Å². The second kappa shape index (κ2) is 7.14. The van der Waals surface area contributed by atoms with Crippen LogP contribution in [0.4, 0.5) is 11.5 Å². The molecule has 0 spiro atoms. The summed E-state index contributed by atoms with van der Waals surface area (Å²) in [6.07, 6.45) is 1.23. The van der Waals surface area contributed by atoms with Crippen LogP contribution in [-0.4, -0.2) is 29.1 Å². The van der Waals surface area contributed by atoms with Gasteiger partial charge in [-0.15, -0.1) is 0 Å². The average Bonchev–Trinajstić information content (AvgIpc) is 3.07. The number of hydrogen-bond donors (Lipinski definition) is 2. The molecule has 134 valence electrons. The lowest BCUT2D eigenvalue weighted by Gasteiger charge is -2.15. The SMILES string of the molecule is C=CC(=O)N(C)c1ccc(C(=O)Nc2n[nH]c3cc(C#N)c(C)cc23)cc1. The Hall–Kier alpha value is -3.92. The number of aromatic amines is 1. The standard InChI is InChI=1S/C20H17N5O2/c1-4-18(26)25(3)15-7-5-13(6-8-15)20(27)22-19-16-9-12(2)14(11-21)10-17(16)23-24-19/h4-10H,1H2,2-3H3,(H2,22,23,24,27). The lowest BCUT2D eigenvalue weighted by atomic mass is 10.1. The fraction of sp³-hybridized carbons (Fsp3) is 0.100. The molecule has 7 nitrogen and oxygen atoms in total. The van der Waals surface area contributed by atoms with E-state index in [0.29, 0.717) is 28.1 Å². The molecule has 7 heteroatoms. The second-order valence-corrected chi connectivity index (χ2v) is 6.00. The maximum Gasteiger partial charge on any atom is 0.256 e. The number of nitrogens with zero attached hydrogens (tertiary/aromatic N) is 3. The van der Waals surface area contributed by atoms with Crippen molar-refractivity contribution in [2.75, 3.05) is 17.3 Å². The highest BCUT2D eigenvalue weighted by Gasteiger charge is 2.14. The number of benzene rings is 2. The van der Waals surface area contributed by atoms with Crippen LogP contribution in [0.15, 0.2) is 49.1 Å². The molecule has 0 fully saturated rings. The van der Waals surface area contributed by atoms with E-state index >= 15 is 0 Å². The largest absolute Gasteiger partial charge is 0.312 e. The number of carbonyl (C=O) groups is 2. The molecule has 2 amide bonds. The van der Waals surface area contributed by atoms with E-state index in [-0.39, 0.29) is 11.8 Å². The summed E-state index contributed by atoms with van der Waals surface area (Å²) >= 11 is 0. The first-order valence-electron chi connectivity index (χ1n) is 8.15. The Bertz CT molecular complexity index is 1090. The number of nitrogens with one attached hydrogen (secondary N) is 2. The van der Waals surface area contributed by atoms with Crippen molar-refractivity contribution in [3.8, 4) is 6.07 Å². The highest BCUT2D eigenvalue weighted by Crippen LogP contribution is 2.24. The Morgan fingerprint density at radius 3 is 2.63 bits per heavy atom. The lowest BCUT2D eigenvalue weighted by molar-refractivity contribution is -0.113. The van der Waals surface area contributed by atoms with Gasteiger partial charge >= 0.3 is 0 Å². The summed E-state index contributed by atoms with van der Waals surface area (Å²) in [5, 5.41) is 19.6. The molecule has 27 heavy (non-hydrogen) atoms. The van der Waals surface area contributed by atoms with Crippen molar-refractivity contribution in [2.24, 2.45) is 0 Å². The molecule has 0 saturated carbocycles. The molecule has 0 saturated heterocycles. The van der Waals surface area contributed by atoms with Crippen molar-refractivity contribution in [1.29, 1.82) is 5.26 Å². The van der Waals surface area contributed by atoms with Crippen LogP contribution in [0.2, 0.25) is 0 Å². The van der Waals surface area contributed by atoms with Gasteiger partial charge in [0, 0.05) is 23.7 Å². The molecule has 1 heterocycles. The third-order valence-corrected chi connectivity index (χ3v) is 4.28. The number of rotatable bonds is 4. The Morgan fingerprint density at radius 1 is 1.30 bits per heavy atom. The first-order valence-corrected chi connectivity index (χ1v) is 8.15. The molecule has 0 aliphatic heterocycles. The number of nitriles is 1. The Morgan fingerprint density at radius 2 is 2.00 bits per heavy atom. The predicted molar refractivity (Wildman–Crippen MR) is 104 cm³/mol. The van der Waals surface area contributed by atoms with Gasteiger partial charge in [-0.25, -0.2) is 0 Å². The zero-order valence-electron chi connectivity index (χ0n) is 14.9. The van der Waals surface area contributed by atoms with E-state index in [1.165, 1.54) is 11.0 Å². The van der Waals surface area contributed by atoms with Crippen LogP contribution in [0.3, 0.4) is 0 Å². The van der Waals surface area contributed by atoms with Crippen LogP contribution in [0.5, 0.6) is 0 Å². The fourth-order valence-corrected chi connectivity index (χ4v) is 2.67. The normalized spacial score (nSPS) is 10.3. The van der Waals surface area contributed by atoms with E-state index in [9.17, 15) is 9.59 Å². The average molecular weight is 359 g/mol. The number of H-pyrrole nitrogens is 1. The second-order valence-electron chi connectivity index (χ2n) is 6.00. The molecule has 0 aliphatic carbocycles. The van der Waals surface area contributed by atoms with Crippen molar-refractivity contribution in [3.63, 3.8) is 0 Å². The summed E-state index contributed by atoms with van der Waals surface area (Å²) in [6.45, 7) is 5.28. The highest BCUT2D eigenvalue weighted by molar-refractivity contribution is 6.08. The number of likely N-dealkylation sites (N-methyl/N-ethyl adjacent to an activating group) is 1. The summed E-state index contributed by atoms with van der Waals surface area (Å²) in [5.74, 6) is -0.164. The lowest BCUT2D eigenvalue weighted by Crippen LogP contribution is -2.23. The van der Waals surface area contributed by atoms with Gasteiger partial charge in [-0.1, -0.05) is 6.58 Å². The Labute approximate surface area is 155 Å². The van der Waals surface area contributed by atoms with E-state index in [2.05, 4.69) is 28.2 Å². The minimum absolute atomic E-state index is 0.234. The quantitative estimate of drug-likeness (QED) is 0.699. The van der Waals surface area contributed by atoms with Crippen LogP contribution in [-0.2, 0) is 4.79 Å².